The van der Waals surface area contributed by atoms with Crippen LogP contribution in [-0.2, 0) is 0 Å². The minimum Gasteiger partial charge on any atom is -0.508 e. The van der Waals surface area contributed by atoms with Gasteiger partial charge in [0.05, 0.1) is 0 Å². The van der Waals surface area contributed by atoms with Crippen LogP contribution < -0.4 is 10.6 Å². The molecule has 0 aliphatic carbocycles. The highest BCUT2D eigenvalue weighted by molar-refractivity contribution is 7.10. The van der Waals surface area contributed by atoms with Crippen molar-refractivity contribution in [2.75, 3.05) is 13.1 Å². The van der Waals surface area contributed by atoms with E-state index in [-0.39, 0.29) is 11.7 Å². The lowest BCUT2D eigenvalue weighted by Crippen LogP contribution is -2.28. The fourth-order valence-electron chi connectivity index (χ4n) is 2.28. The highest BCUT2D eigenvalue weighted by atomic mass is 32.1. The largest absolute Gasteiger partial charge is 0.508 e. The standard InChI is InChI=1S/C17H22N2O2S/c1-12-7-10-22-16(12)13(2)18-8-4-9-19-17(21)14-5-3-6-15(20)11-14/h3,5-7,10-11,13,18,20H,4,8-9H2,1-2H3,(H,19,21)/t13-/m1/s1. The number of benzene rings is 1. The first kappa shape index (κ1) is 16.5. The molecule has 0 radical (unpaired) electrons. The fourth-order valence-corrected chi connectivity index (χ4v) is 3.24. The van der Waals surface area contributed by atoms with E-state index < -0.39 is 0 Å². The first-order chi connectivity index (χ1) is 10.6. The Morgan fingerprint density at radius 3 is 2.82 bits per heavy atom. The molecular formula is C17H22N2O2S. The second-order valence-electron chi connectivity index (χ2n) is 5.30. The van der Waals surface area contributed by atoms with Crippen LogP contribution in [0.1, 0.15) is 40.2 Å². The first-order valence-electron chi connectivity index (χ1n) is 7.42. The second kappa shape index (κ2) is 7.96. The van der Waals surface area contributed by atoms with Gasteiger partial charge in [-0.05, 0) is 62.0 Å². The van der Waals surface area contributed by atoms with Crippen LogP contribution in [0.3, 0.4) is 0 Å². The number of carbonyl (C=O) groups is 1. The van der Waals surface area contributed by atoms with Crippen molar-refractivity contribution in [2.45, 2.75) is 26.3 Å². The van der Waals surface area contributed by atoms with Gasteiger partial charge in [0.1, 0.15) is 5.75 Å². The maximum absolute atomic E-state index is 11.9. The number of phenolic OH excluding ortho intramolecular Hbond substituents is 1. The van der Waals surface area contributed by atoms with Crippen LogP contribution in [0.2, 0.25) is 0 Å². The van der Waals surface area contributed by atoms with Crippen molar-refractivity contribution in [3.8, 4) is 5.75 Å². The Morgan fingerprint density at radius 1 is 1.32 bits per heavy atom. The van der Waals surface area contributed by atoms with Gasteiger partial charge in [-0.3, -0.25) is 4.79 Å². The third-order valence-corrected chi connectivity index (χ3v) is 4.69. The average Bonchev–Trinajstić information content (AvgIpc) is 2.92. The second-order valence-corrected chi connectivity index (χ2v) is 6.25. The molecule has 118 valence electrons. The summed E-state index contributed by atoms with van der Waals surface area (Å²) in [6.07, 6.45) is 0.860. The first-order valence-corrected chi connectivity index (χ1v) is 8.30. The summed E-state index contributed by atoms with van der Waals surface area (Å²) in [5.41, 5.74) is 1.80. The molecule has 1 heterocycles. The molecule has 0 aliphatic heterocycles. The van der Waals surface area contributed by atoms with Crippen LogP contribution in [0.15, 0.2) is 35.7 Å². The van der Waals surface area contributed by atoms with E-state index in [2.05, 4.69) is 35.9 Å². The smallest absolute Gasteiger partial charge is 0.251 e. The van der Waals surface area contributed by atoms with E-state index in [1.54, 1.807) is 29.5 Å². The Bertz CT molecular complexity index is 625. The average molecular weight is 318 g/mol. The van der Waals surface area contributed by atoms with E-state index in [4.69, 9.17) is 0 Å². The number of phenols is 1. The zero-order chi connectivity index (χ0) is 15.9. The Kier molecular flexibility index (Phi) is 5.98. The van der Waals surface area contributed by atoms with Crippen LogP contribution in [0.5, 0.6) is 5.75 Å². The number of amides is 1. The molecule has 0 spiro atoms. The molecule has 5 heteroatoms. The van der Waals surface area contributed by atoms with Crippen molar-refractivity contribution < 1.29 is 9.90 Å². The third kappa shape index (κ3) is 4.58. The normalized spacial score (nSPS) is 12.1. The lowest BCUT2D eigenvalue weighted by atomic mass is 10.2. The third-order valence-electron chi connectivity index (χ3n) is 3.49. The molecule has 3 N–H and O–H groups in total. The number of hydrogen-bond acceptors (Lipinski definition) is 4. The number of thiophene rings is 1. The van der Waals surface area contributed by atoms with Gasteiger partial charge < -0.3 is 15.7 Å². The molecule has 1 atom stereocenters. The minimum absolute atomic E-state index is 0.106. The Balaban J connectivity index is 1.67. The van der Waals surface area contributed by atoms with Crippen molar-refractivity contribution >= 4 is 17.2 Å². The molecule has 0 fully saturated rings. The van der Waals surface area contributed by atoms with Crippen LogP contribution in [0.25, 0.3) is 0 Å². The molecule has 0 saturated heterocycles. The zero-order valence-corrected chi connectivity index (χ0v) is 13.7. The van der Waals surface area contributed by atoms with Crippen LogP contribution in [0.4, 0.5) is 0 Å². The molecule has 1 aromatic carbocycles. The van der Waals surface area contributed by atoms with Gasteiger partial charge in [-0.15, -0.1) is 11.3 Å². The number of nitrogens with one attached hydrogen (secondary N) is 2. The van der Waals surface area contributed by atoms with E-state index in [0.29, 0.717) is 18.2 Å². The van der Waals surface area contributed by atoms with Gasteiger partial charge in [-0.2, -0.15) is 0 Å². The lowest BCUT2D eigenvalue weighted by Gasteiger charge is -2.13. The van der Waals surface area contributed by atoms with E-state index in [1.807, 2.05) is 0 Å². The van der Waals surface area contributed by atoms with E-state index in [9.17, 15) is 9.90 Å². The fraction of sp³-hybridized carbons (Fsp3) is 0.353. The summed E-state index contributed by atoms with van der Waals surface area (Å²) in [7, 11) is 0. The monoisotopic (exact) mass is 318 g/mol. The molecule has 4 nitrogen and oxygen atoms in total. The summed E-state index contributed by atoms with van der Waals surface area (Å²) < 4.78 is 0. The van der Waals surface area contributed by atoms with E-state index in [1.165, 1.54) is 16.5 Å². The molecule has 0 aliphatic rings. The predicted molar refractivity (Wildman–Crippen MR) is 90.5 cm³/mol. The maximum atomic E-state index is 11.9. The lowest BCUT2D eigenvalue weighted by molar-refractivity contribution is 0.0953. The minimum atomic E-state index is -0.155. The van der Waals surface area contributed by atoms with Crippen molar-refractivity contribution in [1.82, 2.24) is 10.6 Å². The number of rotatable bonds is 7. The summed E-state index contributed by atoms with van der Waals surface area (Å²) >= 11 is 1.77. The Morgan fingerprint density at radius 2 is 2.14 bits per heavy atom. The zero-order valence-electron chi connectivity index (χ0n) is 12.9. The van der Waals surface area contributed by atoms with Crippen LogP contribution in [-0.4, -0.2) is 24.1 Å². The number of hydrogen-bond donors (Lipinski definition) is 3. The van der Waals surface area contributed by atoms with Crippen LogP contribution in [0, 0.1) is 6.92 Å². The Labute approximate surface area is 135 Å². The topological polar surface area (TPSA) is 61.4 Å². The Hall–Kier alpha value is -1.85. The molecule has 1 aromatic heterocycles. The summed E-state index contributed by atoms with van der Waals surface area (Å²) in [6, 6.07) is 8.84. The number of carbonyl (C=O) groups excluding carboxylic acids is 1. The van der Waals surface area contributed by atoms with Gasteiger partial charge in [0.25, 0.3) is 5.91 Å². The molecule has 1 amide bonds. The molecule has 0 saturated carbocycles. The summed E-state index contributed by atoms with van der Waals surface area (Å²) in [5.74, 6) is -0.0486. The molecule has 0 bridgehead atoms. The van der Waals surface area contributed by atoms with Crippen molar-refractivity contribution in [3.63, 3.8) is 0 Å². The maximum Gasteiger partial charge on any atom is 0.251 e. The van der Waals surface area contributed by atoms with Gasteiger partial charge in [-0.1, -0.05) is 6.07 Å². The molecular weight excluding hydrogens is 296 g/mol. The van der Waals surface area contributed by atoms with Gasteiger partial charge >= 0.3 is 0 Å². The number of aryl methyl sites for hydroxylation is 1. The van der Waals surface area contributed by atoms with E-state index in [0.717, 1.165) is 13.0 Å². The number of aromatic hydroxyl groups is 1. The van der Waals surface area contributed by atoms with Gasteiger partial charge in [-0.25, -0.2) is 0 Å². The predicted octanol–water partition coefficient (Wildman–Crippen LogP) is 3.23. The molecule has 22 heavy (non-hydrogen) atoms. The summed E-state index contributed by atoms with van der Waals surface area (Å²) in [6.45, 7) is 5.74. The SMILES string of the molecule is Cc1ccsc1[C@@H](C)NCCCNC(=O)c1cccc(O)c1. The highest BCUT2D eigenvalue weighted by Gasteiger charge is 2.09. The molecule has 2 rings (SSSR count). The van der Waals surface area contributed by atoms with Gasteiger partial charge in [0, 0.05) is 23.0 Å². The van der Waals surface area contributed by atoms with Crippen molar-refractivity contribution in [3.05, 3.63) is 51.7 Å². The van der Waals surface area contributed by atoms with Gasteiger partial charge in [0.2, 0.25) is 0 Å². The quantitative estimate of drug-likeness (QED) is 0.687. The molecule has 2 aromatic rings. The highest BCUT2D eigenvalue weighted by Crippen LogP contribution is 2.23. The van der Waals surface area contributed by atoms with Crippen molar-refractivity contribution in [2.24, 2.45) is 0 Å². The van der Waals surface area contributed by atoms with E-state index >= 15 is 0 Å². The van der Waals surface area contributed by atoms with Crippen molar-refractivity contribution in [1.29, 1.82) is 0 Å². The van der Waals surface area contributed by atoms with Crippen LogP contribution >= 0.6 is 11.3 Å². The summed E-state index contributed by atoms with van der Waals surface area (Å²) in [4.78, 5) is 13.2. The van der Waals surface area contributed by atoms with Gasteiger partial charge in [0.15, 0.2) is 0 Å². The molecule has 0 unspecified atom stereocenters. The summed E-state index contributed by atoms with van der Waals surface area (Å²) in [5, 5.41) is 17.8.